The summed E-state index contributed by atoms with van der Waals surface area (Å²) in [5.74, 6) is -0.950. The maximum atomic E-state index is 14.2. The van der Waals surface area contributed by atoms with E-state index in [4.69, 9.17) is 16.3 Å². The number of cyclic esters (lactones) is 1. The van der Waals surface area contributed by atoms with E-state index in [-0.39, 0.29) is 39.7 Å². The van der Waals surface area contributed by atoms with Crippen LogP contribution in [0.3, 0.4) is 0 Å². The van der Waals surface area contributed by atoms with Gasteiger partial charge in [-0.3, -0.25) is 4.90 Å². The molecule has 1 aliphatic carbocycles. The molecule has 15 heteroatoms. The molecule has 274 valence electrons. The van der Waals surface area contributed by atoms with Crippen molar-refractivity contribution in [3.05, 3.63) is 98.6 Å². The number of carbonyl (C=O) groups excluding carboxylic acids is 2. The highest BCUT2D eigenvalue weighted by Gasteiger charge is 2.44. The molecule has 1 amide bonds. The van der Waals surface area contributed by atoms with Crippen LogP contribution in [0, 0.1) is 5.41 Å². The van der Waals surface area contributed by atoms with Crippen LogP contribution in [-0.4, -0.2) is 36.7 Å². The zero-order valence-electron chi connectivity index (χ0n) is 27.5. The summed E-state index contributed by atoms with van der Waals surface area (Å²) in [7, 11) is 1.05. The lowest BCUT2D eigenvalue weighted by atomic mass is 9.72. The van der Waals surface area contributed by atoms with Crippen LogP contribution in [0.4, 0.5) is 44.3 Å². The van der Waals surface area contributed by atoms with Gasteiger partial charge in [-0.25, -0.2) is 9.59 Å². The van der Waals surface area contributed by atoms with Gasteiger partial charge >= 0.3 is 30.6 Å². The van der Waals surface area contributed by atoms with E-state index in [2.05, 4.69) is 4.74 Å². The molecule has 5 rings (SSSR count). The second-order valence-corrected chi connectivity index (χ2v) is 13.8. The van der Waals surface area contributed by atoms with Crippen molar-refractivity contribution in [3.8, 4) is 11.1 Å². The first-order valence-electron chi connectivity index (χ1n) is 15.6. The number of ether oxygens (including phenoxy) is 2. The lowest BCUT2D eigenvalue weighted by molar-refractivity contribution is -0.143. The average Bonchev–Trinajstić information content (AvgIpc) is 3.31. The molecule has 0 unspecified atom stereocenters. The fourth-order valence-corrected chi connectivity index (χ4v) is 6.83. The van der Waals surface area contributed by atoms with Crippen LogP contribution in [0.1, 0.15) is 84.3 Å². The second kappa shape index (κ2) is 13.4. The monoisotopic (exact) mass is 747 g/mol. The summed E-state index contributed by atoms with van der Waals surface area (Å²) in [6.45, 7) is 5.25. The number of alkyl halides is 9. The summed E-state index contributed by atoms with van der Waals surface area (Å²) < 4.78 is 134. The predicted molar refractivity (Wildman–Crippen MR) is 170 cm³/mol. The summed E-state index contributed by atoms with van der Waals surface area (Å²) in [6.07, 6.45) is -16.1. The third-order valence-electron chi connectivity index (χ3n) is 9.21. The molecule has 0 aromatic heterocycles. The topological polar surface area (TPSA) is 55.8 Å². The molecule has 0 spiro atoms. The first kappa shape index (κ1) is 38.0. The summed E-state index contributed by atoms with van der Waals surface area (Å²) >= 11 is 6.64. The molecule has 3 aromatic carbocycles. The van der Waals surface area contributed by atoms with Gasteiger partial charge in [0.05, 0.1) is 35.4 Å². The second-order valence-electron chi connectivity index (χ2n) is 13.4. The molecule has 0 N–H and O–H groups in total. The van der Waals surface area contributed by atoms with Crippen molar-refractivity contribution in [2.45, 2.75) is 70.7 Å². The first-order valence-corrected chi connectivity index (χ1v) is 16.0. The Kier molecular flexibility index (Phi) is 10.0. The van der Waals surface area contributed by atoms with Crippen molar-refractivity contribution in [2.24, 2.45) is 5.41 Å². The SMILES string of the molecule is COC(=O)c1ccc(-c2ccc(Cl)c(C3=C(CN4C(=O)O[C@H](c5cc(C(F)(F)F)cc(C(F)(F)F)c5)[C@@H]4C)CC(C)(C)CC3)c2)c(C(F)(F)F)c1. The van der Waals surface area contributed by atoms with E-state index in [9.17, 15) is 49.1 Å². The number of allylic oxidation sites excluding steroid dienone is 1. The lowest BCUT2D eigenvalue weighted by Crippen LogP contribution is -2.35. The number of rotatable bonds is 6. The van der Waals surface area contributed by atoms with Crippen LogP contribution in [0.5, 0.6) is 0 Å². The molecule has 1 saturated heterocycles. The zero-order chi connectivity index (χ0) is 37.8. The molecule has 2 atom stereocenters. The van der Waals surface area contributed by atoms with Gasteiger partial charge in [-0.15, -0.1) is 0 Å². The maximum absolute atomic E-state index is 14.2. The number of amides is 1. The number of nitrogens with zero attached hydrogens (tertiary/aromatic N) is 1. The van der Waals surface area contributed by atoms with Crippen molar-refractivity contribution in [3.63, 3.8) is 0 Å². The van der Waals surface area contributed by atoms with Crippen molar-refractivity contribution < 1.29 is 58.6 Å². The van der Waals surface area contributed by atoms with Gasteiger partial charge in [0.1, 0.15) is 6.10 Å². The summed E-state index contributed by atoms with van der Waals surface area (Å²) in [5, 5.41) is 0.198. The van der Waals surface area contributed by atoms with E-state index in [0.29, 0.717) is 54.2 Å². The predicted octanol–water partition coefficient (Wildman–Crippen LogP) is 11.4. The minimum atomic E-state index is -5.10. The number of carbonyl (C=O) groups is 2. The Morgan fingerprint density at radius 3 is 2.10 bits per heavy atom. The van der Waals surface area contributed by atoms with Crippen LogP contribution in [-0.2, 0) is 28.0 Å². The number of esters is 1. The molecular weight excluding hydrogens is 717 g/mol. The maximum Gasteiger partial charge on any atom is 0.417 e. The van der Waals surface area contributed by atoms with E-state index in [1.807, 2.05) is 13.8 Å². The van der Waals surface area contributed by atoms with Crippen LogP contribution in [0.15, 0.2) is 60.2 Å². The van der Waals surface area contributed by atoms with Crippen molar-refractivity contribution in [1.82, 2.24) is 4.90 Å². The molecule has 0 saturated carbocycles. The van der Waals surface area contributed by atoms with Crippen LogP contribution < -0.4 is 0 Å². The molecule has 3 aromatic rings. The van der Waals surface area contributed by atoms with Gasteiger partial charge in [0.25, 0.3) is 0 Å². The lowest BCUT2D eigenvalue weighted by Gasteiger charge is -2.36. The Balaban J connectivity index is 1.56. The highest BCUT2D eigenvalue weighted by atomic mass is 35.5. The minimum absolute atomic E-state index is 0.00702. The molecule has 2 aliphatic rings. The summed E-state index contributed by atoms with van der Waals surface area (Å²) in [4.78, 5) is 26.4. The largest absolute Gasteiger partial charge is 0.465 e. The van der Waals surface area contributed by atoms with Gasteiger partial charge in [0.2, 0.25) is 0 Å². The van der Waals surface area contributed by atoms with E-state index in [0.717, 1.165) is 13.2 Å². The van der Waals surface area contributed by atoms with Crippen LogP contribution >= 0.6 is 11.6 Å². The van der Waals surface area contributed by atoms with Gasteiger partial charge in [0, 0.05) is 11.6 Å². The number of benzene rings is 3. The Morgan fingerprint density at radius 1 is 0.902 bits per heavy atom. The van der Waals surface area contributed by atoms with Crippen LogP contribution in [0.2, 0.25) is 5.02 Å². The molecule has 51 heavy (non-hydrogen) atoms. The fourth-order valence-electron chi connectivity index (χ4n) is 6.60. The highest BCUT2D eigenvalue weighted by molar-refractivity contribution is 6.32. The molecule has 5 nitrogen and oxygen atoms in total. The Morgan fingerprint density at radius 2 is 1.53 bits per heavy atom. The third kappa shape index (κ3) is 8.00. The molecule has 1 aliphatic heterocycles. The van der Waals surface area contributed by atoms with Crippen molar-refractivity contribution >= 4 is 29.2 Å². The molecule has 0 bridgehead atoms. The van der Waals surface area contributed by atoms with E-state index < -0.39 is 65.0 Å². The number of methoxy groups -OCH3 is 1. The fraction of sp³-hybridized carbons (Fsp3) is 0.389. The number of hydrogen-bond donors (Lipinski definition) is 0. The van der Waals surface area contributed by atoms with E-state index in [1.165, 1.54) is 36.1 Å². The number of hydrogen-bond acceptors (Lipinski definition) is 4. The quantitative estimate of drug-likeness (QED) is 0.186. The van der Waals surface area contributed by atoms with E-state index in [1.54, 1.807) is 0 Å². The summed E-state index contributed by atoms with van der Waals surface area (Å²) in [6, 6.07) is 7.40. The van der Waals surface area contributed by atoms with E-state index >= 15 is 0 Å². The standard InChI is InChI=1S/C36H31ClF9NO4/c1-18-30(21-11-23(34(38,39)40)15-24(12-21)35(41,42)43)51-32(49)47(18)17-22-16-33(2,3)10-9-25(22)27-13-19(6-8-29(27)37)26-7-5-20(31(48)50-4)14-28(26)36(44,45)46/h5-8,11-15,18,30H,9-10,16-17H2,1-4H3/t18-,30-/m0/s1. The summed E-state index contributed by atoms with van der Waals surface area (Å²) in [5.41, 5.74) is -3.71. The Bertz CT molecular complexity index is 1860. The molecule has 1 heterocycles. The molecule has 0 radical (unpaired) electrons. The highest BCUT2D eigenvalue weighted by Crippen LogP contribution is 2.47. The molecular formula is C36H31ClF9NO4. The average molecular weight is 748 g/mol. The Hall–Kier alpha value is -4.20. The zero-order valence-corrected chi connectivity index (χ0v) is 28.3. The van der Waals surface area contributed by atoms with Crippen molar-refractivity contribution in [2.75, 3.05) is 13.7 Å². The van der Waals surface area contributed by atoms with Crippen molar-refractivity contribution in [1.29, 1.82) is 0 Å². The van der Waals surface area contributed by atoms with Crippen LogP contribution in [0.25, 0.3) is 16.7 Å². The minimum Gasteiger partial charge on any atom is -0.465 e. The molecule has 1 fully saturated rings. The smallest absolute Gasteiger partial charge is 0.417 e. The van der Waals surface area contributed by atoms with Gasteiger partial charge in [0.15, 0.2) is 0 Å². The van der Waals surface area contributed by atoms with Gasteiger partial charge < -0.3 is 9.47 Å². The normalized spacial score (nSPS) is 19.7. The first-order chi connectivity index (χ1) is 23.5. The van der Waals surface area contributed by atoms with Gasteiger partial charge in [-0.1, -0.05) is 37.6 Å². The van der Waals surface area contributed by atoms with Gasteiger partial charge in [-0.05, 0) is 107 Å². The number of halogens is 10. The third-order valence-corrected chi connectivity index (χ3v) is 9.54. The Labute approximate surface area is 292 Å². The van der Waals surface area contributed by atoms with Gasteiger partial charge in [-0.2, -0.15) is 39.5 Å².